The Bertz CT molecular complexity index is 422. The van der Waals surface area contributed by atoms with Gasteiger partial charge in [0.15, 0.2) is 0 Å². The van der Waals surface area contributed by atoms with Gasteiger partial charge in [0.05, 0.1) is 6.07 Å². The monoisotopic (exact) mass is 168 g/mol. The number of benzene rings is 1. The lowest BCUT2D eigenvalue weighted by molar-refractivity contribution is 1.43. The van der Waals surface area contributed by atoms with Gasteiger partial charge in [-0.1, -0.05) is 24.3 Å². The Morgan fingerprint density at radius 1 is 1.23 bits per heavy atom. The van der Waals surface area contributed by atoms with Gasteiger partial charge in [-0.25, -0.2) is 0 Å². The van der Waals surface area contributed by atoms with E-state index in [9.17, 15) is 0 Å². The van der Waals surface area contributed by atoms with Crippen molar-refractivity contribution in [2.75, 3.05) is 5.32 Å². The van der Waals surface area contributed by atoms with Gasteiger partial charge in [-0.3, -0.25) is 0 Å². The molecule has 2 nitrogen and oxygen atoms in total. The molecule has 2 rings (SSSR count). The average Bonchev–Trinajstić information content (AvgIpc) is 2.18. The summed E-state index contributed by atoms with van der Waals surface area (Å²) in [5.41, 5.74) is 3.03. The first-order valence-electron chi connectivity index (χ1n) is 4.04. The molecule has 1 heterocycles. The summed E-state index contributed by atoms with van der Waals surface area (Å²) in [6, 6.07) is 9.97. The third kappa shape index (κ3) is 1.45. The van der Waals surface area contributed by atoms with Gasteiger partial charge in [-0.05, 0) is 17.7 Å². The fourth-order valence-corrected chi connectivity index (χ4v) is 1.29. The summed E-state index contributed by atoms with van der Waals surface area (Å²) >= 11 is 0. The molecule has 1 N–H and O–H groups in total. The highest BCUT2D eigenvalue weighted by Crippen LogP contribution is 2.23. The average molecular weight is 168 g/mol. The normalized spacial score (nSPS) is 16.1. The predicted octanol–water partition coefficient (Wildman–Crippen LogP) is 2.53. The smallest absolute Gasteiger partial charge is 0.0933 e. The molecular formula is C11H8N2. The molecule has 0 radical (unpaired) electrons. The third-order valence-electron chi connectivity index (χ3n) is 1.90. The summed E-state index contributed by atoms with van der Waals surface area (Å²) < 4.78 is 0. The van der Waals surface area contributed by atoms with Crippen LogP contribution in [0.3, 0.4) is 0 Å². The summed E-state index contributed by atoms with van der Waals surface area (Å²) in [6.07, 6.45) is 5.38. The standard InChI is InChI=1S/C11H8N2/c12-8-7-10-6-5-9-3-1-2-4-11(9)13-10/h1-7,13H. The van der Waals surface area contributed by atoms with E-state index in [-0.39, 0.29) is 0 Å². The van der Waals surface area contributed by atoms with Gasteiger partial charge in [0.25, 0.3) is 0 Å². The number of hydrogen-bond donors (Lipinski definition) is 1. The molecule has 13 heavy (non-hydrogen) atoms. The molecule has 0 spiro atoms. The van der Waals surface area contributed by atoms with E-state index in [1.165, 1.54) is 6.08 Å². The number of fused-ring (bicyclic) bond motifs is 1. The van der Waals surface area contributed by atoms with Crippen LogP contribution in [0.4, 0.5) is 5.69 Å². The molecule has 0 atom stereocenters. The number of hydrogen-bond acceptors (Lipinski definition) is 2. The van der Waals surface area contributed by atoms with E-state index in [1.54, 1.807) is 0 Å². The lowest BCUT2D eigenvalue weighted by atomic mass is 10.1. The van der Waals surface area contributed by atoms with Gasteiger partial charge in [-0.2, -0.15) is 5.26 Å². The second kappa shape index (κ2) is 3.16. The summed E-state index contributed by atoms with van der Waals surface area (Å²) in [5, 5.41) is 11.6. The largest absolute Gasteiger partial charge is 0.354 e. The first-order chi connectivity index (χ1) is 6.40. The van der Waals surface area contributed by atoms with Crippen molar-refractivity contribution in [1.29, 1.82) is 5.26 Å². The molecule has 0 fully saturated rings. The van der Waals surface area contributed by atoms with Gasteiger partial charge in [0, 0.05) is 17.5 Å². The van der Waals surface area contributed by atoms with Crippen LogP contribution < -0.4 is 5.32 Å². The molecule has 1 aliphatic heterocycles. The van der Waals surface area contributed by atoms with Crippen molar-refractivity contribution < 1.29 is 0 Å². The zero-order valence-electron chi connectivity index (χ0n) is 6.99. The molecule has 0 aliphatic carbocycles. The molecule has 0 saturated heterocycles. The van der Waals surface area contributed by atoms with Crippen molar-refractivity contribution in [2.45, 2.75) is 0 Å². The molecular weight excluding hydrogens is 160 g/mol. The van der Waals surface area contributed by atoms with E-state index < -0.39 is 0 Å². The number of para-hydroxylation sites is 1. The van der Waals surface area contributed by atoms with Crippen molar-refractivity contribution in [2.24, 2.45) is 0 Å². The van der Waals surface area contributed by atoms with Gasteiger partial charge in [0.2, 0.25) is 0 Å². The highest BCUT2D eigenvalue weighted by Gasteiger charge is 2.04. The van der Waals surface area contributed by atoms with E-state index in [0.717, 1.165) is 16.9 Å². The Labute approximate surface area is 76.8 Å². The topological polar surface area (TPSA) is 35.8 Å². The van der Waals surface area contributed by atoms with Crippen molar-refractivity contribution >= 4 is 11.8 Å². The van der Waals surface area contributed by atoms with Crippen LogP contribution in [0.5, 0.6) is 0 Å². The number of allylic oxidation sites excluding steroid dienone is 2. The van der Waals surface area contributed by atoms with Crippen LogP contribution in [-0.4, -0.2) is 0 Å². The predicted molar refractivity (Wildman–Crippen MR) is 52.8 cm³/mol. The lowest BCUT2D eigenvalue weighted by Gasteiger charge is -2.13. The SMILES string of the molecule is N#CC=C1C=Cc2ccccc2N1. The molecule has 1 aliphatic rings. The molecule has 1 aromatic carbocycles. The quantitative estimate of drug-likeness (QED) is 0.604. The van der Waals surface area contributed by atoms with Crippen molar-refractivity contribution in [3.05, 3.63) is 47.7 Å². The highest BCUT2D eigenvalue weighted by molar-refractivity contribution is 5.74. The van der Waals surface area contributed by atoms with Crippen LogP contribution in [0.2, 0.25) is 0 Å². The Morgan fingerprint density at radius 3 is 2.92 bits per heavy atom. The minimum absolute atomic E-state index is 0.834. The summed E-state index contributed by atoms with van der Waals surface area (Å²) in [4.78, 5) is 0. The molecule has 2 heteroatoms. The van der Waals surface area contributed by atoms with Crippen LogP contribution in [-0.2, 0) is 0 Å². The van der Waals surface area contributed by atoms with Crippen molar-refractivity contribution in [1.82, 2.24) is 0 Å². The Hall–Kier alpha value is -2.01. The molecule has 62 valence electrons. The summed E-state index contributed by atoms with van der Waals surface area (Å²) in [6.45, 7) is 0. The van der Waals surface area contributed by atoms with Crippen LogP contribution >= 0.6 is 0 Å². The minimum atomic E-state index is 0.834. The maximum absolute atomic E-state index is 8.47. The van der Waals surface area contributed by atoms with Gasteiger partial charge >= 0.3 is 0 Å². The fraction of sp³-hybridized carbons (Fsp3) is 0. The second-order valence-electron chi connectivity index (χ2n) is 2.77. The van der Waals surface area contributed by atoms with Gasteiger partial charge < -0.3 is 5.32 Å². The fourth-order valence-electron chi connectivity index (χ4n) is 1.29. The molecule has 0 saturated carbocycles. The Morgan fingerprint density at radius 2 is 2.08 bits per heavy atom. The van der Waals surface area contributed by atoms with E-state index in [0.29, 0.717) is 0 Å². The molecule has 0 unspecified atom stereocenters. The van der Waals surface area contributed by atoms with Crippen LogP contribution in [0, 0.1) is 11.3 Å². The van der Waals surface area contributed by atoms with E-state index in [1.807, 2.05) is 42.5 Å². The summed E-state index contributed by atoms with van der Waals surface area (Å²) in [7, 11) is 0. The van der Waals surface area contributed by atoms with Crippen molar-refractivity contribution in [3.8, 4) is 6.07 Å². The zero-order chi connectivity index (χ0) is 9.10. The number of rotatable bonds is 0. The maximum Gasteiger partial charge on any atom is 0.0933 e. The number of nitrogens with one attached hydrogen (secondary N) is 1. The second-order valence-corrected chi connectivity index (χ2v) is 2.77. The third-order valence-corrected chi connectivity index (χ3v) is 1.90. The maximum atomic E-state index is 8.47. The van der Waals surface area contributed by atoms with Crippen molar-refractivity contribution in [3.63, 3.8) is 0 Å². The lowest BCUT2D eigenvalue weighted by Crippen LogP contribution is -2.02. The summed E-state index contributed by atoms with van der Waals surface area (Å²) in [5.74, 6) is 0. The number of nitriles is 1. The number of anilines is 1. The van der Waals surface area contributed by atoms with E-state index in [2.05, 4.69) is 5.32 Å². The van der Waals surface area contributed by atoms with Crippen LogP contribution in [0.1, 0.15) is 5.56 Å². The van der Waals surface area contributed by atoms with Crippen LogP contribution in [0.25, 0.3) is 6.08 Å². The van der Waals surface area contributed by atoms with E-state index >= 15 is 0 Å². The molecule has 0 amide bonds. The molecule has 0 aromatic heterocycles. The van der Waals surface area contributed by atoms with Gasteiger partial charge in [-0.15, -0.1) is 0 Å². The Balaban J connectivity index is 2.41. The first kappa shape index (κ1) is 7.63. The number of nitrogens with zero attached hydrogens (tertiary/aromatic N) is 1. The Kier molecular flexibility index (Phi) is 1.85. The molecule has 0 bridgehead atoms. The molecule has 1 aromatic rings. The minimum Gasteiger partial charge on any atom is -0.354 e. The first-order valence-corrected chi connectivity index (χ1v) is 4.04. The zero-order valence-corrected chi connectivity index (χ0v) is 6.99. The van der Waals surface area contributed by atoms with Gasteiger partial charge in [0.1, 0.15) is 0 Å². The highest BCUT2D eigenvalue weighted by atomic mass is 14.9. The van der Waals surface area contributed by atoms with Crippen LogP contribution in [0.15, 0.2) is 42.1 Å². The van der Waals surface area contributed by atoms with E-state index in [4.69, 9.17) is 5.26 Å².